The Bertz CT molecular complexity index is 5580. The number of benzene rings is 14. The SMILES string of the molecule is CC1(C)c2ccccc2-c2ccc(N(c3ccc(-c4ccccc4)cc3)c3ccc4c5ccccc5n(-c5cc6ccccc6c6oc7c(-c8cccc9c8-c8ccccc8C98c9ccccc9-c9ccccc98)c8ccccc8cc7c56)c4c3)cc21. The highest BCUT2D eigenvalue weighted by Gasteiger charge is 2.52. The highest BCUT2D eigenvalue weighted by molar-refractivity contribution is 6.26. The van der Waals surface area contributed by atoms with Gasteiger partial charge in [-0.3, -0.25) is 0 Å². The fraction of sp³-hybridized carbons (Fsp3) is 0.0476. The Hall–Kier alpha value is -11.0. The van der Waals surface area contributed by atoms with Crippen LogP contribution >= 0.6 is 0 Å². The number of fused-ring (bicyclic) bond motifs is 22. The van der Waals surface area contributed by atoms with Crippen molar-refractivity contribution in [2.45, 2.75) is 24.7 Å². The smallest absolute Gasteiger partial charge is 0.145 e. The lowest BCUT2D eigenvalue weighted by Gasteiger charge is -2.30. The zero-order valence-electron chi connectivity index (χ0n) is 48.0. The molecule has 0 fully saturated rings. The molecule has 0 saturated heterocycles. The quantitative estimate of drug-likeness (QED) is 0.165. The van der Waals surface area contributed by atoms with Crippen LogP contribution in [0.25, 0.3) is 127 Å². The largest absolute Gasteiger partial charge is 0.455 e. The number of rotatable bonds is 6. The summed E-state index contributed by atoms with van der Waals surface area (Å²) in [6, 6.07) is 109. The van der Waals surface area contributed by atoms with Crippen LogP contribution in [0.2, 0.25) is 0 Å². The van der Waals surface area contributed by atoms with Crippen LogP contribution in [0.4, 0.5) is 17.1 Å². The molecule has 3 aliphatic rings. The van der Waals surface area contributed by atoms with Gasteiger partial charge in [-0.2, -0.15) is 0 Å². The van der Waals surface area contributed by atoms with Gasteiger partial charge in [-0.15, -0.1) is 0 Å². The molecule has 0 saturated carbocycles. The molecule has 0 aliphatic heterocycles. The standard InChI is InChI=1S/C84H54N2O/c1-83(2)69-33-15-10-27-60(69)63-45-43-56(49-74(63)83)85(55-41-39-52(40-42-55)51-21-4-3-5-22-51)57-44-46-65-64-30-14-19-38-75(64)86(76(65)50-57)77-48-54-24-7-9-26-59(54)81-80(77)68-47-53-23-6-8-25-58(53)79(82(68)87-81)67-32-20-37-73-78(67)66-31-13-18-36-72(66)84(73)70-34-16-11-28-61(70)62-29-12-17-35-71(62)84/h3-50H,1-2H3. The predicted molar refractivity (Wildman–Crippen MR) is 362 cm³/mol. The molecule has 0 bridgehead atoms. The summed E-state index contributed by atoms with van der Waals surface area (Å²) in [6.45, 7) is 4.74. The summed E-state index contributed by atoms with van der Waals surface area (Å²) in [5.41, 5.74) is 28.0. The first kappa shape index (κ1) is 48.4. The van der Waals surface area contributed by atoms with Gasteiger partial charge in [0.1, 0.15) is 11.2 Å². The fourth-order valence-electron chi connectivity index (χ4n) is 16.3. The Kier molecular flexibility index (Phi) is 9.89. The Morgan fingerprint density at radius 2 is 0.828 bits per heavy atom. The first-order valence-corrected chi connectivity index (χ1v) is 30.4. The lowest BCUT2D eigenvalue weighted by Crippen LogP contribution is -2.25. The van der Waals surface area contributed by atoms with Gasteiger partial charge in [-0.1, -0.05) is 250 Å². The van der Waals surface area contributed by atoms with E-state index in [4.69, 9.17) is 4.42 Å². The molecular weight excluding hydrogens is 1050 g/mol. The summed E-state index contributed by atoms with van der Waals surface area (Å²) in [4.78, 5) is 2.46. The van der Waals surface area contributed by atoms with Crippen LogP contribution in [0.1, 0.15) is 47.2 Å². The van der Waals surface area contributed by atoms with Gasteiger partial charge in [0.2, 0.25) is 0 Å². The molecule has 0 radical (unpaired) electrons. The summed E-state index contributed by atoms with van der Waals surface area (Å²) in [5.74, 6) is 0. The molecule has 0 atom stereocenters. The molecular formula is C84H54N2O. The monoisotopic (exact) mass is 1110 g/mol. The normalized spacial score (nSPS) is 13.8. The van der Waals surface area contributed by atoms with Crippen LogP contribution in [-0.2, 0) is 10.8 Å². The van der Waals surface area contributed by atoms with Crippen molar-refractivity contribution in [1.29, 1.82) is 0 Å². The maximum absolute atomic E-state index is 7.77. The molecule has 87 heavy (non-hydrogen) atoms. The molecule has 3 heteroatoms. The van der Waals surface area contributed by atoms with E-state index >= 15 is 0 Å². The Morgan fingerprint density at radius 1 is 0.310 bits per heavy atom. The first-order valence-electron chi connectivity index (χ1n) is 30.4. The number of aromatic nitrogens is 1. The first-order chi connectivity index (χ1) is 42.9. The fourth-order valence-corrected chi connectivity index (χ4v) is 16.3. The van der Waals surface area contributed by atoms with Crippen molar-refractivity contribution in [1.82, 2.24) is 4.57 Å². The Morgan fingerprint density at radius 3 is 1.57 bits per heavy atom. The van der Waals surface area contributed by atoms with Crippen molar-refractivity contribution in [3.63, 3.8) is 0 Å². The van der Waals surface area contributed by atoms with Crippen molar-refractivity contribution in [3.8, 4) is 61.3 Å². The summed E-state index contributed by atoms with van der Waals surface area (Å²) < 4.78 is 10.3. The molecule has 406 valence electrons. The van der Waals surface area contributed by atoms with E-state index in [0.29, 0.717) is 0 Å². The van der Waals surface area contributed by atoms with Gasteiger partial charge in [0.25, 0.3) is 0 Å². The van der Waals surface area contributed by atoms with E-state index in [-0.39, 0.29) is 5.41 Å². The molecule has 14 aromatic carbocycles. The van der Waals surface area contributed by atoms with Gasteiger partial charge in [-0.25, -0.2) is 0 Å². The van der Waals surface area contributed by atoms with E-state index in [0.717, 1.165) is 82.8 Å². The predicted octanol–water partition coefficient (Wildman–Crippen LogP) is 22.4. The summed E-state index contributed by atoms with van der Waals surface area (Å²) in [5, 5.41) is 9.06. The second kappa shape index (κ2) is 17.8. The average Bonchev–Trinajstić information content (AvgIpc) is 1.53. The minimum atomic E-state index is -0.490. The van der Waals surface area contributed by atoms with Crippen molar-refractivity contribution in [2.75, 3.05) is 4.90 Å². The zero-order valence-corrected chi connectivity index (χ0v) is 48.0. The van der Waals surface area contributed by atoms with Crippen LogP contribution in [0.15, 0.2) is 296 Å². The summed E-state index contributed by atoms with van der Waals surface area (Å²) in [6.07, 6.45) is 0. The van der Waals surface area contributed by atoms with E-state index in [1.807, 2.05) is 0 Å². The highest BCUT2D eigenvalue weighted by atomic mass is 16.3. The van der Waals surface area contributed by atoms with Crippen molar-refractivity contribution in [2.24, 2.45) is 0 Å². The van der Waals surface area contributed by atoms with Crippen molar-refractivity contribution in [3.05, 3.63) is 325 Å². The topological polar surface area (TPSA) is 21.3 Å². The Balaban J connectivity index is 0.877. The van der Waals surface area contributed by atoms with E-state index < -0.39 is 5.41 Å². The maximum Gasteiger partial charge on any atom is 0.145 e. The molecule has 0 N–H and O–H groups in total. The second-order valence-corrected chi connectivity index (χ2v) is 24.6. The van der Waals surface area contributed by atoms with Crippen LogP contribution in [-0.4, -0.2) is 4.57 Å². The number of furan rings is 1. The van der Waals surface area contributed by atoms with E-state index in [1.165, 1.54) is 94.2 Å². The number of para-hydroxylation sites is 1. The minimum absolute atomic E-state index is 0.178. The van der Waals surface area contributed by atoms with Gasteiger partial charge in [0.15, 0.2) is 0 Å². The molecule has 3 aliphatic carbocycles. The molecule has 2 heterocycles. The van der Waals surface area contributed by atoms with Crippen molar-refractivity contribution < 1.29 is 4.42 Å². The number of nitrogens with zero attached hydrogens (tertiary/aromatic N) is 2. The molecule has 1 spiro atoms. The lowest BCUT2D eigenvalue weighted by atomic mass is 9.70. The average molecular weight is 1110 g/mol. The molecule has 3 nitrogen and oxygen atoms in total. The van der Waals surface area contributed by atoms with Crippen molar-refractivity contribution >= 4 is 82.4 Å². The summed E-state index contributed by atoms with van der Waals surface area (Å²) in [7, 11) is 0. The third kappa shape index (κ3) is 6.50. The lowest BCUT2D eigenvalue weighted by molar-refractivity contribution is 0.660. The molecule has 0 amide bonds. The number of hydrogen-bond acceptors (Lipinski definition) is 2. The highest BCUT2D eigenvalue weighted by Crippen LogP contribution is 2.65. The third-order valence-corrected chi connectivity index (χ3v) is 20.0. The number of hydrogen-bond donors (Lipinski definition) is 0. The second-order valence-electron chi connectivity index (χ2n) is 24.6. The third-order valence-electron chi connectivity index (χ3n) is 20.0. The maximum atomic E-state index is 7.77. The Labute approximate surface area is 503 Å². The number of anilines is 3. The van der Waals surface area contributed by atoms with E-state index in [2.05, 4.69) is 315 Å². The molecule has 0 unspecified atom stereocenters. The van der Waals surface area contributed by atoms with E-state index in [1.54, 1.807) is 0 Å². The van der Waals surface area contributed by atoms with Gasteiger partial charge in [0, 0.05) is 49.6 Å². The van der Waals surface area contributed by atoms with Crippen LogP contribution in [0.5, 0.6) is 0 Å². The van der Waals surface area contributed by atoms with Gasteiger partial charge in [0.05, 0.1) is 27.5 Å². The van der Waals surface area contributed by atoms with Gasteiger partial charge >= 0.3 is 0 Å². The minimum Gasteiger partial charge on any atom is -0.455 e. The van der Waals surface area contributed by atoms with Gasteiger partial charge in [-0.05, 0) is 154 Å². The van der Waals surface area contributed by atoms with Crippen LogP contribution in [0.3, 0.4) is 0 Å². The van der Waals surface area contributed by atoms with Crippen LogP contribution in [0, 0.1) is 0 Å². The van der Waals surface area contributed by atoms with Crippen LogP contribution < -0.4 is 4.90 Å². The van der Waals surface area contributed by atoms with E-state index in [9.17, 15) is 0 Å². The molecule has 2 aromatic heterocycles. The summed E-state index contributed by atoms with van der Waals surface area (Å²) >= 11 is 0. The van der Waals surface area contributed by atoms with Gasteiger partial charge < -0.3 is 13.9 Å². The zero-order chi connectivity index (χ0) is 57.3. The molecule has 16 aromatic rings. The molecule has 19 rings (SSSR count).